The van der Waals surface area contributed by atoms with E-state index in [-0.39, 0.29) is 38.1 Å². The number of rotatable bonds is 5. The van der Waals surface area contributed by atoms with Gasteiger partial charge in [0.2, 0.25) is 0 Å². The summed E-state index contributed by atoms with van der Waals surface area (Å²) in [5, 5.41) is 0.475. The Bertz CT molecular complexity index is 1530. The van der Waals surface area contributed by atoms with E-state index in [0.717, 1.165) is 24.2 Å². The van der Waals surface area contributed by atoms with Crippen LogP contribution in [0.25, 0.3) is 0 Å². The van der Waals surface area contributed by atoms with Crippen molar-refractivity contribution in [3.63, 3.8) is 0 Å². The number of ketones is 2. The van der Waals surface area contributed by atoms with E-state index >= 15 is 0 Å². The second-order valence-corrected chi connectivity index (χ2v) is 14.9. The molecule has 1 aliphatic heterocycles. The Balaban J connectivity index is 1.62. The first kappa shape index (κ1) is 28.9. The third-order valence-corrected chi connectivity index (χ3v) is 9.72. The number of halogens is 2. The van der Waals surface area contributed by atoms with Crippen LogP contribution >= 0.6 is 23.2 Å². The molecule has 3 aliphatic rings. The first-order chi connectivity index (χ1) is 18.6. The van der Waals surface area contributed by atoms with Gasteiger partial charge in [-0.25, -0.2) is 0 Å². The molecule has 2 aromatic rings. The molecule has 0 bridgehead atoms. The van der Waals surface area contributed by atoms with Gasteiger partial charge in [0.25, 0.3) is 0 Å². The third-order valence-electron chi connectivity index (χ3n) is 7.93. The molecule has 2 aromatic carbocycles. The van der Waals surface area contributed by atoms with E-state index in [1.54, 1.807) is 12.1 Å². The zero-order valence-electron chi connectivity index (χ0n) is 23.3. The second-order valence-electron chi connectivity index (χ2n) is 12.5. The van der Waals surface area contributed by atoms with Crippen LogP contribution in [0.2, 0.25) is 10.0 Å². The summed E-state index contributed by atoms with van der Waals surface area (Å²) >= 11 is 12.5. The van der Waals surface area contributed by atoms with Gasteiger partial charge in [-0.1, -0.05) is 57.0 Å². The fourth-order valence-corrected chi connectivity index (χ4v) is 7.64. The molecule has 0 spiro atoms. The third kappa shape index (κ3) is 5.24. The molecule has 0 saturated heterocycles. The van der Waals surface area contributed by atoms with Gasteiger partial charge in [0.15, 0.2) is 17.3 Å². The van der Waals surface area contributed by atoms with Crippen molar-refractivity contribution in [2.45, 2.75) is 71.1 Å². The van der Waals surface area contributed by atoms with Gasteiger partial charge in [-0.3, -0.25) is 9.59 Å². The first-order valence-corrected chi connectivity index (χ1v) is 15.6. The van der Waals surface area contributed by atoms with Gasteiger partial charge >= 0.3 is 10.1 Å². The number of benzene rings is 2. The lowest BCUT2D eigenvalue weighted by Gasteiger charge is -2.48. The van der Waals surface area contributed by atoms with Gasteiger partial charge in [0.1, 0.15) is 4.90 Å². The van der Waals surface area contributed by atoms with Crippen molar-refractivity contribution in [2.24, 2.45) is 10.8 Å². The molecule has 6 nitrogen and oxygen atoms in total. The predicted molar refractivity (Wildman–Crippen MR) is 156 cm³/mol. The summed E-state index contributed by atoms with van der Waals surface area (Å²) in [6, 6.07) is 10.5. The summed E-state index contributed by atoms with van der Waals surface area (Å²) < 4.78 is 31.1. The maximum atomic E-state index is 13.8. The monoisotopic (exact) mass is 601 g/mol. The van der Waals surface area contributed by atoms with Crippen molar-refractivity contribution in [1.82, 2.24) is 4.90 Å². The molecule has 0 radical (unpaired) electrons. The number of hydrogen-bond donors (Lipinski definition) is 0. The van der Waals surface area contributed by atoms with E-state index < -0.39 is 16.0 Å². The zero-order valence-corrected chi connectivity index (χ0v) is 25.6. The zero-order chi connectivity index (χ0) is 29.2. The highest BCUT2D eigenvalue weighted by atomic mass is 35.5. The van der Waals surface area contributed by atoms with Gasteiger partial charge in [-0.05, 0) is 72.6 Å². The molecule has 0 amide bonds. The van der Waals surface area contributed by atoms with E-state index in [0.29, 0.717) is 41.1 Å². The van der Waals surface area contributed by atoms with Gasteiger partial charge < -0.3 is 9.08 Å². The summed E-state index contributed by atoms with van der Waals surface area (Å²) in [6.45, 7) is 11.1. The lowest BCUT2D eigenvalue weighted by Crippen LogP contribution is -2.44. The lowest BCUT2D eigenvalue weighted by molar-refractivity contribution is -0.119. The van der Waals surface area contributed by atoms with Crippen LogP contribution in [0.15, 0.2) is 69.9 Å². The number of hydrogen-bond acceptors (Lipinski definition) is 6. The Morgan fingerprint density at radius 2 is 1.38 bits per heavy atom. The molecule has 5 rings (SSSR count). The predicted octanol–water partition coefficient (Wildman–Crippen LogP) is 7.47. The van der Waals surface area contributed by atoms with Crippen molar-refractivity contribution in [2.75, 3.05) is 6.54 Å². The van der Waals surface area contributed by atoms with Gasteiger partial charge in [0.05, 0.1) is 5.02 Å². The largest absolute Gasteiger partial charge is 0.377 e. The van der Waals surface area contributed by atoms with E-state index in [9.17, 15) is 18.0 Å². The van der Waals surface area contributed by atoms with Crippen LogP contribution in [-0.4, -0.2) is 31.4 Å². The summed E-state index contributed by atoms with van der Waals surface area (Å²) in [7, 11) is -4.16. The van der Waals surface area contributed by atoms with Crippen molar-refractivity contribution in [3.05, 3.63) is 80.6 Å². The van der Waals surface area contributed by atoms with Gasteiger partial charge in [-0.2, -0.15) is 8.42 Å². The Labute approximate surface area is 246 Å². The molecule has 1 heterocycles. The van der Waals surface area contributed by atoms with E-state index in [4.69, 9.17) is 27.4 Å². The van der Waals surface area contributed by atoms with E-state index in [2.05, 4.69) is 39.5 Å². The fraction of sp³-hybridized carbons (Fsp3) is 0.419. The van der Waals surface area contributed by atoms with Crippen LogP contribution in [0.1, 0.15) is 71.8 Å². The van der Waals surface area contributed by atoms with Crippen LogP contribution in [-0.2, 0) is 19.7 Å². The van der Waals surface area contributed by atoms with Crippen molar-refractivity contribution < 1.29 is 22.2 Å². The van der Waals surface area contributed by atoms with Gasteiger partial charge in [0, 0.05) is 52.9 Å². The minimum absolute atomic E-state index is 0.0284. The van der Waals surface area contributed by atoms with Crippen molar-refractivity contribution in [3.8, 4) is 5.75 Å². The van der Waals surface area contributed by atoms with Crippen LogP contribution in [0.5, 0.6) is 5.75 Å². The molecular weight excluding hydrogens is 569 g/mol. The SMILES string of the molecule is CCN1C2=C(C(=O)CC(C)(C)C2)C(c2ccc(OS(=O)(=O)c3ccc(Cl)cc3)c(Cl)c2)C2=C1CC(C)(C)CC2=O. The van der Waals surface area contributed by atoms with E-state index in [1.165, 1.54) is 30.3 Å². The minimum Gasteiger partial charge on any atom is -0.377 e. The number of carbonyl (C=O) groups excluding carboxylic acids is 2. The highest BCUT2D eigenvalue weighted by Crippen LogP contribution is 2.54. The topological polar surface area (TPSA) is 80.8 Å². The van der Waals surface area contributed by atoms with Crippen molar-refractivity contribution >= 4 is 44.9 Å². The normalized spacial score (nSPS) is 20.9. The van der Waals surface area contributed by atoms with Crippen LogP contribution in [0.4, 0.5) is 0 Å². The molecule has 0 fully saturated rings. The van der Waals surface area contributed by atoms with Crippen molar-refractivity contribution in [1.29, 1.82) is 0 Å². The van der Waals surface area contributed by atoms with Crippen LogP contribution < -0.4 is 4.18 Å². The average molecular weight is 603 g/mol. The average Bonchev–Trinajstić information content (AvgIpc) is 2.83. The molecule has 0 aromatic heterocycles. The fourth-order valence-electron chi connectivity index (χ4n) is 6.29. The Morgan fingerprint density at radius 1 is 0.850 bits per heavy atom. The molecular formula is C31H33Cl2NO5S. The molecule has 0 N–H and O–H groups in total. The Kier molecular flexibility index (Phi) is 7.25. The molecule has 9 heteroatoms. The summed E-state index contributed by atoms with van der Waals surface area (Å²) in [5.74, 6) is -0.553. The molecule has 0 atom stereocenters. The maximum Gasteiger partial charge on any atom is 0.339 e. The smallest absolute Gasteiger partial charge is 0.339 e. The number of carbonyl (C=O) groups is 2. The highest BCUT2D eigenvalue weighted by molar-refractivity contribution is 7.87. The summed E-state index contributed by atoms with van der Waals surface area (Å²) in [6.07, 6.45) is 2.21. The van der Waals surface area contributed by atoms with Gasteiger partial charge in [-0.15, -0.1) is 0 Å². The maximum absolute atomic E-state index is 13.8. The summed E-state index contributed by atoms with van der Waals surface area (Å²) in [5.41, 5.74) is 3.49. The molecule has 0 unspecified atom stereocenters. The Morgan fingerprint density at radius 3 is 1.85 bits per heavy atom. The molecule has 0 saturated carbocycles. The lowest BCUT2D eigenvalue weighted by atomic mass is 9.63. The Hall–Kier alpha value is -2.61. The number of allylic oxidation sites excluding steroid dienone is 4. The number of nitrogens with zero attached hydrogens (tertiary/aromatic N) is 1. The first-order valence-electron chi connectivity index (χ1n) is 13.4. The minimum atomic E-state index is -4.16. The molecule has 2 aliphatic carbocycles. The highest BCUT2D eigenvalue weighted by Gasteiger charge is 2.48. The standard InChI is InChI=1S/C31H33Cl2NO5S/c1-6-34-22-14-30(2,3)16-24(35)28(22)27(29-23(34)15-31(4,5)17-25(29)36)18-7-12-26(21(33)13-18)39-40(37,38)20-10-8-19(32)9-11-20/h7-13,27H,6,14-17H2,1-5H3. The van der Waals surface area contributed by atoms with E-state index in [1.807, 2.05) is 0 Å². The number of Topliss-reactive ketones (excluding diaryl/α,β-unsaturated/α-hetero) is 2. The van der Waals surface area contributed by atoms with Crippen LogP contribution in [0, 0.1) is 10.8 Å². The summed E-state index contributed by atoms with van der Waals surface area (Å²) in [4.78, 5) is 29.6. The molecule has 40 heavy (non-hydrogen) atoms. The molecule has 212 valence electrons. The quantitative estimate of drug-likeness (QED) is 0.331. The van der Waals surface area contributed by atoms with Crippen LogP contribution in [0.3, 0.4) is 0 Å². The second kappa shape index (κ2) is 10.0.